The number of H-pyrrole nitrogens is 1. The first kappa shape index (κ1) is 17.4. The van der Waals surface area contributed by atoms with Crippen molar-refractivity contribution < 1.29 is 0 Å². The summed E-state index contributed by atoms with van der Waals surface area (Å²) in [5.74, 6) is 0.685. The van der Waals surface area contributed by atoms with Gasteiger partial charge in [-0.25, -0.2) is 4.98 Å². The van der Waals surface area contributed by atoms with Gasteiger partial charge in [0.15, 0.2) is 0 Å². The Labute approximate surface area is 163 Å². The number of hydrogen-bond donors (Lipinski definition) is 1. The van der Waals surface area contributed by atoms with Gasteiger partial charge in [-0.05, 0) is 47.1 Å². The van der Waals surface area contributed by atoms with Gasteiger partial charge in [0.05, 0.1) is 11.9 Å². The highest BCUT2D eigenvalue weighted by molar-refractivity contribution is 7.17. The number of nitrogens with zero attached hydrogens (tertiary/aromatic N) is 2. The van der Waals surface area contributed by atoms with Crippen LogP contribution in [0, 0.1) is 0 Å². The maximum Gasteiger partial charge on any atom is 0.260 e. The molecule has 3 heterocycles. The second-order valence-electron chi connectivity index (χ2n) is 6.15. The van der Waals surface area contributed by atoms with E-state index in [1.54, 1.807) is 11.3 Å². The molecule has 132 valence electrons. The van der Waals surface area contributed by atoms with E-state index >= 15 is 0 Å². The first-order valence-corrected chi connectivity index (χ1v) is 10.3. The third kappa shape index (κ3) is 3.59. The standard InChI is InChI=1S/C19H16ClN3OS2/c1-23(8-12-6-7-25-10-12)9-16-21-18(24)17-15(11-26-19(17)22-16)13-2-4-14(20)5-3-13/h2-7,10-11H,8-9H2,1H3,(H,21,22,24). The minimum atomic E-state index is -0.0971. The lowest BCUT2D eigenvalue weighted by molar-refractivity contribution is 0.311. The largest absolute Gasteiger partial charge is 0.309 e. The number of nitrogens with one attached hydrogen (secondary N) is 1. The molecule has 1 aromatic carbocycles. The summed E-state index contributed by atoms with van der Waals surface area (Å²) in [7, 11) is 2.02. The van der Waals surface area contributed by atoms with Gasteiger partial charge in [0, 0.05) is 22.5 Å². The zero-order chi connectivity index (χ0) is 18.1. The maximum absolute atomic E-state index is 12.7. The van der Waals surface area contributed by atoms with E-state index < -0.39 is 0 Å². The van der Waals surface area contributed by atoms with Crippen molar-refractivity contribution in [3.05, 3.63) is 73.2 Å². The second kappa shape index (κ2) is 7.32. The van der Waals surface area contributed by atoms with Crippen LogP contribution in [0.1, 0.15) is 11.4 Å². The number of hydrogen-bond acceptors (Lipinski definition) is 5. The van der Waals surface area contributed by atoms with Crippen LogP contribution >= 0.6 is 34.3 Å². The lowest BCUT2D eigenvalue weighted by atomic mass is 10.1. The van der Waals surface area contributed by atoms with Crippen LogP contribution in [0.5, 0.6) is 0 Å². The average Bonchev–Trinajstić information content (AvgIpc) is 3.25. The van der Waals surface area contributed by atoms with Crippen LogP contribution in [0.15, 0.2) is 51.3 Å². The number of thiophene rings is 2. The molecule has 4 nitrogen and oxygen atoms in total. The summed E-state index contributed by atoms with van der Waals surface area (Å²) in [5, 5.41) is 7.50. The van der Waals surface area contributed by atoms with E-state index in [1.807, 2.05) is 36.7 Å². The van der Waals surface area contributed by atoms with Gasteiger partial charge in [-0.2, -0.15) is 11.3 Å². The highest BCUT2D eigenvalue weighted by Gasteiger charge is 2.14. The van der Waals surface area contributed by atoms with Crippen LogP contribution in [-0.4, -0.2) is 21.9 Å². The number of fused-ring (bicyclic) bond motifs is 1. The van der Waals surface area contributed by atoms with Gasteiger partial charge >= 0.3 is 0 Å². The van der Waals surface area contributed by atoms with Crippen molar-refractivity contribution in [1.29, 1.82) is 0 Å². The fourth-order valence-corrected chi connectivity index (χ4v) is 4.67. The summed E-state index contributed by atoms with van der Waals surface area (Å²) in [5.41, 5.74) is 3.03. The summed E-state index contributed by atoms with van der Waals surface area (Å²) in [6.45, 7) is 1.42. The Hall–Kier alpha value is -1.99. The molecule has 0 atom stereocenters. The Morgan fingerprint density at radius 1 is 1.15 bits per heavy atom. The van der Waals surface area contributed by atoms with Crippen molar-refractivity contribution in [3.8, 4) is 11.1 Å². The molecule has 0 saturated heterocycles. The fourth-order valence-electron chi connectivity index (χ4n) is 2.92. The lowest BCUT2D eigenvalue weighted by Crippen LogP contribution is -2.21. The van der Waals surface area contributed by atoms with Crippen molar-refractivity contribution in [2.45, 2.75) is 13.1 Å². The van der Waals surface area contributed by atoms with Crippen LogP contribution in [0.4, 0.5) is 0 Å². The second-order valence-corrected chi connectivity index (χ2v) is 8.23. The molecule has 3 aromatic heterocycles. The van der Waals surface area contributed by atoms with Gasteiger partial charge in [-0.3, -0.25) is 9.69 Å². The van der Waals surface area contributed by atoms with Gasteiger partial charge < -0.3 is 4.98 Å². The first-order chi connectivity index (χ1) is 12.6. The normalized spacial score (nSPS) is 11.5. The lowest BCUT2D eigenvalue weighted by Gasteiger charge is -2.15. The molecule has 0 aliphatic heterocycles. The van der Waals surface area contributed by atoms with Crippen LogP contribution < -0.4 is 5.56 Å². The van der Waals surface area contributed by atoms with Crippen LogP contribution in [-0.2, 0) is 13.1 Å². The highest BCUT2D eigenvalue weighted by Crippen LogP contribution is 2.31. The monoisotopic (exact) mass is 401 g/mol. The SMILES string of the molecule is CN(Cc1ccsc1)Cc1nc2scc(-c3ccc(Cl)cc3)c2c(=O)[nH]1. The maximum atomic E-state index is 12.7. The van der Waals surface area contributed by atoms with Crippen LogP contribution in [0.25, 0.3) is 21.3 Å². The van der Waals surface area contributed by atoms with Gasteiger partial charge in [0.1, 0.15) is 10.7 Å². The van der Waals surface area contributed by atoms with Crippen molar-refractivity contribution in [1.82, 2.24) is 14.9 Å². The molecule has 0 unspecified atom stereocenters. The predicted molar refractivity (Wildman–Crippen MR) is 110 cm³/mol. The minimum absolute atomic E-state index is 0.0971. The van der Waals surface area contributed by atoms with E-state index in [-0.39, 0.29) is 5.56 Å². The number of halogens is 1. The molecule has 0 saturated carbocycles. The molecule has 0 fully saturated rings. The molecule has 4 aromatic rings. The van der Waals surface area contributed by atoms with Gasteiger partial charge in [0.2, 0.25) is 0 Å². The van der Waals surface area contributed by atoms with Crippen molar-refractivity contribution >= 4 is 44.5 Å². The van der Waals surface area contributed by atoms with Gasteiger partial charge in [0.25, 0.3) is 5.56 Å². The van der Waals surface area contributed by atoms with E-state index in [1.165, 1.54) is 16.9 Å². The smallest absolute Gasteiger partial charge is 0.260 e. The number of aromatic amines is 1. The number of rotatable bonds is 5. The molecule has 0 spiro atoms. The summed E-state index contributed by atoms with van der Waals surface area (Å²) < 4.78 is 0. The number of benzene rings is 1. The Morgan fingerprint density at radius 3 is 2.69 bits per heavy atom. The number of aromatic nitrogens is 2. The van der Waals surface area contributed by atoms with E-state index in [0.717, 1.165) is 22.5 Å². The molecule has 0 amide bonds. The summed E-state index contributed by atoms with van der Waals surface area (Å²) in [4.78, 5) is 23.2. The molecule has 0 radical (unpaired) electrons. The Morgan fingerprint density at radius 2 is 1.96 bits per heavy atom. The quantitative estimate of drug-likeness (QED) is 0.512. The fraction of sp³-hybridized carbons (Fsp3) is 0.158. The van der Waals surface area contributed by atoms with E-state index in [4.69, 9.17) is 11.6 Å². The molecule has 0 aliphatic rings. The van der Waals surface area contributed by atoms with Gasteiger partial charge in [-0.1, -0.05) is 23.7 Å². The van der Waals surface area contributed by atoms with Crippen molar-refractivity contribution in [3.63, 3.8) is 0 Å². The Kier molecular flexibility index (Phi) is 4.91. The summed E-state index contributed by atoms with van der Waals surface area (Å²) in [6, 6.07) is 9.61. The highest BCUT2D eigenvalue weighted by atomic mass is 35.5. The Balaban J connectivity index is 1.63. The van der Waals surface area contributed by atoms with E-state index in [0.29, 0.717) is 22.8 Å². The molecular formula is C19H16ClN3OS2. The van der Waals surface area contributed by atoms with E-state index in [9.17, 15) is 4.79 Å². The molecular weight excluding hydrogens is 386 g/mol. The zero-order valence-electron chi connectivity index (χ0n) is 14.0. The topological polar surface area (TPSA) is 49.0 Å². The molecule has 1 N–H and O–H groups in total. The van der Waals surface area contributed by atoms with Crippen LogP contribution in [0.2, 0.25) is 5.02 Å². The van der Waals surface area contributed by atoms with Crippen molar-refractivity contribution in [2.75, 3.05) is 7.05 Å². The van der Waals surface area contributed by atoms with E-state index in [2.05, 4.69) is 31.7 Å². The molecule has 4 rings (SSSR count). The van der Waals surface area contributed by atoms with Gasteiger partial charge in [-0.15, -0.1) is 11.3 Å². The predicted octanol–water partition coefficient (Wildman–Crippen LogP) is 5.00. The minimum Gasteiger partial charge on any atom is -0.309 e. The molecule has 0 aliphatic carbocycles. The van der Waals surface area contributed by atoms with Crippen LogP contribution in [0.3, 0.4) is 0 Å². The first-order valence-electron chi connectivity index (χ1n) is 8.06. The summed E-state index contributed by atoms with van der Waals surface area (Å²) >= 11 is 9.14. The molecule has 26 heavy (non-hydrogen) atoms. The zero-order valence-corrected chi connectivity index (χ0v) is 16.4. The summed E-state index contributed by atoms with van der Waals surface area (Å²) in [6.07, 6.45) is 0. The van der Waals surface area contributed by atoms with Crippen molar-refractivity contribution in [2.24, 2.45) is 0 Å². The third-order valence-corrected chi connectivity index (χ3v) is 5.96. The molecule has 0 bridgehead atoms. The Bertz CT molecular complexity index is 1080. The third-order valence-electron chi connectivity index (χ3n) is 4.10. The molecule has 7 heteroatoms. The average molecular weight is 402 g/mol.